The van der Waals surface area contributed by atoms with Gasteiger partial charge in [-0.1, -0.05) is 30.3 Å². The van der Waals surface area contributed by atoms with Gasteiger partial charge in [0.05, 0.1) is 6.04 Å². The van der Waals surface area contributed by atoms with Crippen LogP contribution >= 0.6 is 0 Å². The number of rotatable bonds is 5. The zero-order valence-electron chi connectivity index (χ0n) is 9.15. The highest BCUT2D eigenvalue weighted by molar-refractivity contribution is 5.81. The minimum absolute atomic E-state index is 0.154. The van der Waals surface area contributed by atoms with Crippen molar-refractivity contribution in [3.8, 4) is 12.3 Å². The van der Waals surface area contributed by atoms with Gasteiger partial charge in [-0.05, 0) is 12.0 Å². The first-order valence-electron chi connectivity index (χ1n) is 5.24. The van der Waals surface area contributed by atoms with Crippen molar-refractivity contribution in [3.63, 3.8) is 0 Å². The van der Waals surface area contributed by atoms with Gasteiger partial charge in [0, 0.05) is 13.0 Å². The molecule has 1 aromatic rings. The lowest BCUT2D eigenvalue weighted by Crippen LogP contribution is -2.42. The molecule has 3 heteroatoms. The van der Waals surface area contributed by atoms with E-state index in [1.165, 1.54) is 0 Å². The van der Waals surface area contributed by atoms with E-state index in [-0.39, 0.29) is 5.91 Å². The summed E-state index contributed by atoms with van der Waals surface area (Å²) in [6.45, 7) is 0.484. The van der Waals surface area contributed by atoms with E-state index in [0.717, 1.165) is 5.56 Å². The van der Waals surface area contributed by atoms with Gasteiger partial charge in [0.25, 0.3) is 0 Å². The highest BCUT2D eigenvalue weighted by Gasteiger charge is 2.12. The maximum Gasteiger partial charge on any atom is 0.237 e. The van der Waals surface area contributed by atoms with Crippen LogP contribution in [0.25, 0.3) is 0 Å². The number of terminal acetylenes is 1. The third kappa shape index (κ3) is 4.16. The number of carbonyl (C=O) groups is 1. The number of nitrogens with two attached hydrogens (primary N) is 1. The van der Waals surface area contributed by atoms with Gasteiger partial charge in [-0.25, -0.2) is 0 Å². The molecule has 0 fully saturated rings. The zero-order chi connectivity index (χ0) is 11.8. The van der Waals surface area contributed by atoms with Crippen LogP contribution in [0.2, 0.25) is 0 Å². The van der Waals surface area contributed by atoms with E-state index >= 15 is 0 Å². The molecule has 1 amide bonds. The Labute approximate surface area is 96.0 Å². The monoisotopic (exact) mass is 216 g/mol. The molecule has 0 saturated carbocycles. The first-order chi connectivity index (χ1) is 7.74. The van der Waals surface area contributed by atoms with Gasteiger partial charge in [-0.2, -0.15) is 0 Å². The normalized spacial score (nSPS) is 11.5. The third-order valence-electron chi connectivity index (χ3n) is 2.20. The summed E-state index contributed by atoms with van der Waals surface area (Å²) in [5.41, 5.74) is 6.83. The molecule has 3 nitrogen and oxygen atoms in total. The third-order valence-corrected chi connectivity index (χ3v) is 2.20. The van der Waals surface area contributed by atoms with Crippen LogP contribution < -0.4 is 11.1 Å². The molecule has 0 bridgehead atoms. The fourth-order valence-corrected chi connectivity index (χ4v) is 1.35. The summed E-state index contributed by atoms with van der Waals surface area (Å²) >= 11 is 0. The van der Waals surface area contributed by atoms with Crippen LogP contribution in [0.1, 0.15) is 12.0 Å². The zero-order valence-corrected chi connectivity index (χ0v) is 9.15. The van der Waals surface area contributed by atoms with E-state index in [2.05, 4.69) is 11.2 Å². The predicted molar refractivity (Wildman–Crippen MR) is 64.6 cm³/mol. The topological polar surface area (TPSA) is 55.1 Å². The van der Waals surface area contributed by atoms with Crippen molar-refractivity contribution in [2.75, 3.05) is 6.54 Å². The summed E-state index contributed by atoms with van der Waals surface area (Å²) in [5, 5.41) is 2.70. The second kappa shape index (κ2) is 6.65. The van der Waals surface area contributed by atoms with Gasteiger partial charge in [0.15, 0.2) is 0 Å². The van der Waals surface area contributed by atoms with Crippen LogP contribution in [0.4, 0.5) is 0 Å². The minimum atomic E-state index is -0.514. The first-order valence-corrected chi connectivity index (χ1v) is 5.24. The van der Waals surface area contributed by atoms with Crippen LogP contribution in [0.3, 0.4) is 0 Å². The van der Waals surface area contributed by atoms with Crippen molar-refractivity contribution < 1.29 is 4.79 Å². The minimum Gasteiger partial charge on any atom is -0.354 e. The number of hydrogen-bond donors (Lipinski definition) is 2. The van der Waals surface area contributed by atoms with Gasteiger partial charge in [0.1, 0.15) is 0 Å². The SMILES string of the molecule is C#CCCNC(=O)C(N)Cc1ccccc1. The summed E-state index contributed by atoms with van der Waals surface area (Å²) < 4.78 is 0. The van der Waals surface area contributed by atoms with E-state index in [0.29, 0.717) is 19.4 Å². The van der Waals surface area contributed by atoms with E-state index in [1.54, 1.807) is 0 Å². The summed E-state index contributed by atoms with van der Waals surface area (Å²) in [5.74, 6) is 2.30. The predicted octanol–water partition coefficient (Wildman–Crippen LogP) is 0.696. The average Bonchev–Trinajstić information content (AvgIpc) is 2.30. The fraction of sp³-hybridized carbons (Fsp3) is 0.308. The average molecular weight is 216 g/mol. The number of nitrogens with one attached hydrogen (secondary N) is 1. The number of amides is 1. The Balaban J connectivity index is 2.38. The quantitative estimate of drug-likeness (QED) is 0.562. The Morgan fingerprint density at radius 2 is 2.12 bits per heavy atom. The molecule has 0 aliphatic carbocycles. The van der Waals surface area contributed by atoms with Crippen LogP contribution in [-0.4, -0.2) is 18.5 Å². The molecular weight excluding hydrogens is 200 g/mol. The fourth-order valence-electron chi connectivity index (χ4n) is 1.35. The van der Waals surface area contributed by atoms with Crippen molar-refractivity contribution in [3.05, 3.63) is 35.9 Å². The summed E-state index contributed by atoms with van der Waals surface area (Å²) in [4.78, 5) is 11.5. The molecule has 0 aliphatic heterocycles. The van der Waals surface area contributed by atoms with Crippen molar-refractivity contribution in [2.45, 2.75) is 18.9 Å². The van der Waals surface area contributed by atoms with Crippen molar-refractivity contribution in [2.24, 2.45) is 5.73 Å². The molecule has 0 saturated heterocycles. The summed E-state index contributed by atoms with van der Waals surface area (Å²) in [6.07, 6.45) is 6.16. The number of benzene rings is 1. The first kappa shape index (κ1) is 12.3. The van der Waals surface area contributed by atoms with Crippen molar-refractivity contribution >= 4 is 5.91 Å². The molecule has 0 radical (unpaired) electrons. The Morgan fingerprint density at radius 1 is 1.44 bits per heavy atom. The second-order valence-electron chi connectivity index (χ2n) is 3.54. The summed E-state index contributed by atoms with van der Waals surface area (Å²) in [6, 6.07) is 9.18. The lowest BCUT2D eigenvalue weighted by molar-refractivity contribution is -0.122. The van der Waals surface area contributed by atoms with Gasteiger partial charge < -0.3 is 11.1 Å². The molecule has 0 aliphatic rings. The highest BCUT2D eigenvalue weighted by atomic mass is 16.2. The molecular formula is C13H16N2O. The van der Waals surface area contributed by atoms with Crippen LogP contribution in [0.15, 0.2) is 30.3 Å². The standard InChI is InChI=1S/C13H16N2O/c1-2-3-9-15-13(16)12(14)10-11-7-5-4-6-8-11/h1,4-8,12H,3,9-10,14H2,(H,15,16). The van der Waals surface area contributed by atoms with Crippen molar-refractivity contribution in [1.29, 1.82) is 0 Å². The van der Waals surface area contributed by atoms with Gasteiger partial charge in [-0.15, -0.1) is 12.3 Å². The maximum atomic E-state index is 11.5. The Bertz CT molecular complexity index is 367. The molecule has 0 spiro atoms. The molecule has 1 atom stereocenters. The smallest absolute Gasteiger partial charge is 0.237 e. The highest BCUT2D eigenvalue weighted by Crippen LogP contribution is 2.01. The van der Waals surface area contributed by atoms with Crippen LogP contribution in [0.5, 0.6) is 0 Å². The molecule has 1 aromatic carbocycles. The molecule has 3 N–H and O–H groups in total. The largest absolute Gasteiger partial charge is 0.354 e. The van der Waals surface area contributed by atoms with Gasteiger partial charge in [-0.3, -0.25) is 4.79 Å². The van der Waals surface area contributed by atoms with Gasteiger partial charge >= 0.3 is 0 Å². The number of carbonyl (C=O) groups excluding carboxylic acids is 1. The van der Waals surface area contributed by atoms with E-state index in [9.17, 15) is 4.79 Å². The van der Waals surface area contributed by atoms with E-state index < -0.39 is 6.04 Å². The Hall–Kier alpha value is -1.79. The van der Waals surface area contributed by atoms with Crippen LogP contribution in [-0.2, 0) is 11.2 Å². The molecule has 1 rings (SSSR count). The lowest BCUT2D eigenvalue weighted by atomic mass is 10.1. The summed E-state index contributed by atoms with van der Waals surface area (Å²) in [7, 11) is 0. The Kier molecular flexibility index (Phi) is 5.10. The lowest BCUT2D eigenvalue weighted by Gasteiger charge is -2.11. The maximum absolute atomic E-state index is 11.5. The van der Waals surface area contributed by atoms with E-state index in [1.807, 2.05) is 30.3 Å². The van der Waals surface area contributed by atoms with E-state index in [4.69, 9.17) is 12.2 Å². The van der Waals surface area contributed by atoms with Gasteiger partial charge in [0.2, 0.25) is 5.91 Å². The molecule has 16 heavy (non-hydrogen) atoms. The molecule has 0 heterocycles. The van der Waals surface area contributed by atoms with Crippen molar-refractivity contribution in [1.82, 2.24) is 5.32 Å². The number of hydrogen-bond acceptors (Lipinski definition) is 2. The molecule has 0 aromatic heterocycles. The molecule has 1 unspecified atom stereocenters. The molecule has 84 valence electrons. The second-order valence-corrected chi connectivity index (χ2v) is 3.54. The van der Waals surface area contributed by atoms with Crippen LogP contribution in [0, 0.1) is 12.3 Å². The Morgan fingerprint density at radius 3 is 2.75 bits per heavy atom.